The Bertz CT molecular complexity index is 1300. The molecule has 0 bridgehead atoms. The first-order chi connectivity index (χ1) is 21.8. The van der Waals surface area contributed by atoms with Crippen LogP contribution in [0, 0.1) is 0 Å². The molecule has 10 nitrogen and oxygen atoms in total. The van der Waals surface area contributed by atoms with Gasteiger partial charge >= 0.3 is 0 Å². The molecule has 2 aromatic carbocycles. The molecule has 5 atom stereocenters. The van der Waals surface area contributed by atoms with Crippen LogP contribution in [-0.2, 0) is 16.0 Å². The molecule has 0 saturated heterocycles. The Morgan fingerprint density at radius 1 is 0.844 bits per heavy atom. The second-order valence-electron chi connectivity index (χ2n) is 10.7. The summed E-state index contributed by atoms with van der Waals surface area (Å²) in [7, 11) is 1.51. The summed E-state index contributed by atoms with van der Waals surface area (Å²) in [5.41, 5.74) is 1.55. The SMILES string of the molecule is CCCCSC[C@@H](NC(=O)c1cccnc1)C(=O)N[C@@H](Cc1ccccc1)[C@@H](O)[C@H](O)[C@@H](CCOC)NC(=O)c1ccccc1. The molecule has 0 spiro atoms. The molecule has 3 rings (SSSR count). The number of methoxy groups -OCH3 is 1. The predicted molar refractivity (Wildman–Crippen MR) is 176 cm³/mol. The number of aliphatic hydroxyl groups excluding tert-OH is 2. The molecule has 0 fully saturated rings. The molecule has 242 valence electrons. The number of aromatic nitrogens is 1. The van der Waals surface area contributed by atoms with Crippen LogP contribution in [-0.4, -0.2) is 88.5 Å². The maximum atomic E-state index is 13.8. The number of hydrogen-bond donors (Lipinski definition) is 5. The van der Waals surface area contributed by atoms with Gasteiger partial charge in [-0.05, 0) is 54.8 Å². The number of hydrogen-bond acceptors (Lipinski definition) is 8. The number of amides is 3. The van der Waals surface area contributed by atoms with Crippen molar-refractivity contribution < 1.29 is 29.3 Å². The molecule has 0 saturated carbocycles. The maximum absolute atomic E-state index is 13.8. The molecule has 11 heteroatoms. The van der Waals surface area contributed by atoms with Gasteiger partial charge in [0.25, 0.3) is 11.8 Å². The summed E-state index contributed by atoms with van der Waals surface area (Å²) in [6.45, 7) is 2.30. The summed E-state index contributed by atoms with van der Waals surface area (Å²) in [6.07, 6.45) is 2.44. The average molecular weight is 637 g/mol. The van der Waals surface area contributed by atoms with Gasteiger partial charge in [-0.3, -0.25) is 19.4 Å². The van der Waals surface area contributed by atoms with Crippen molar-refractivity contribution in [3.63, 3.8) is 0 Å². The molecule has 45 heavy (non-hydrogen) atoms. The lowest BCUT2D eigenvalue weighted by Gasteiger charge is -2.33. The van der Waals surface area contributed by atoms with Crippen molar-refractivity contribution in [2.24, 2.45) is 0 Å². The summed E-state index contributed by atoms with van der Waals surface area (Å²) in [4.78, 5) is 43.7. The molecular formula is C34H44N4O6S. The van der Waals surface area contributed by atoms with Gasteiger partial charge in [0.05, 0.1) is 17.6 Å². The van der Waals surface area contributed by atoms with Gasteiger partial charge in [0, 0.05) is 37.4 Å². The Hall–Kier alpha value is -3.77. The molecular weight excluding hydrogens is 592 g/mol. The number of nitrogens with one attached hydrogen (secondary N) is 3. The van der Waals surface area contributed by atoms with E-state index < -0.39 is 48.1 Å². The Labute approximate surface area is 269 Å². The lowest BCUT2D eigenvalue weighted by molar-refractivity contribution is -0.125. The van der Waals surface area contributed by atoms with Crippen molar-refractivity contribution in [2.75, 3.05) is 25.2 Å². The number of carbonyl (C=O) groups excluding carboxylic acids is 3. The molecule has 0 radical (unpaired) electrons. The van der Waals surface area contributed by atoms with Gasteiger partial charge in [-0.2, -0.15) is 11.8 Å². The topological polar surface area (TPSA) is 150 Å². The van der Waals surface area contributed by atoms with E-state index in [1.807, 2.05) is 30.3 Å². The molecule has 0 aliphatic rings. The van der Waals surface area contributed by atoms with Crippen LogP contribution in [0.2, 0.25) is 0 Å². The summed E-state index contributed by atoms with van der Waals surface area (Å²) >= 11 is 1.55. The number of pyridine rings is 1. The van der Waals surface area contributed by atoms with E-state index >= 15 is 0 Å². The molecule has 5 N–H and O–H groups in total. The van der Waals surface area contributed by atoms with Crippen molar-refractivity contribution in [3.05, 3.63) is 102 Å². The zero-order chi connectivity index (χ0) is 32.4. The normalized spacial score (nSPS) is 14.4. The third-order valence-electron chi connectivity index (χ3n) is 7.26. The summed E-state index contributed by atoms with van der Waals surface area (Å²) in [5, 5.41) is 31.5. The van der Waals surface area contributed by atoms with Gasteiger partial charge in [0.2, 0.25) is 5.91 Å². The number of unbranched alkanes of at least 4 members (excludes halogenated alkanes) is 1. The van der Waals surface area contributed by atoms with Crippen molar-refractivity contribution in [3.8, 4) is 0 Å². The predicted octanol–water partition coefficient (Wildman–Crippen LogP) is 3.00. The van der Waals surface area contributed by atoms with Gasteiger partial charge in [-0.1, -0.05) is 61.9 Å². The maximum Gasteiger partial charge on any atom is 0.253 e. The van der Waals surface area contributed by atoms with Crippen LogP contribution in [0.1, 0.15) is 52.5 Å². The van der Waals surface area contributed by atoms with E-state index in [1.165, 1.54) is 13.3 Å². The fourth-order valence-corrected chi connectivity index (χ4v) is 5.80. The molecule has 3 amide bonds. The highest BCUT2D eigenvalue weighted by atomic mass is 32.2. The molecule has 1 aromatic heterocycles. The van der Waals surface area contributed by atoms with Gasteiger partial charge in [0.15, 0.2) is 0 Å². The molecule has 1 heterocycles. The summed E-state index contributed by atoms with van der Waals surface area (Å²) in [6, 6.07) is 18.4. The zero-order valence-electron chi connectivity index (χ0n) is 25.8. The summed E-state index contributed by atoms with van der Waals surface area (Å²) in [5.74, 6) is -0.208. The highest BCUT2D eigenvalue weighted by molar-refractivity contribution is 7.99. The number of rotatable bonds is 19. The van der Waals surface area contributed by atoms with Crippen LogP contribution in [0.5, 0.6) is 0 Å². The van der Waals surface area contributed by atoms with Crippen LogP contribution in [0.4, 0.5) is 0 Å². The Morgan fingerprint density at radius 2 is 1.49 bits per heavy atom. The third kappa shape index (κ3) is 11.9. The number of benzene rings is 2. The van der Waals surface area contributed by atoms with E-state index in [-0.39, 0.29) is 19.4 Å². The van der Waals surface area contributed by atoms with E-state index in [1.54, 1.807) is 60.4 Å². The van der Waals surface area contributed by atoms with E-state index in [0.29, 0.717) is 16.9 Å². The number of ether oxygens (including phenoxy) is 1. The van der Waals surface area contributed by atoms with Gasteiger partial charge in [-0.25, -0.2) is 0 Å². The Morgan fingerprint density at radius 3 is 2.13 bits per heavy atom. The van der Waals surface area contributed by atoms with E-state index in [2.05, 4.69) is 27.9 Å². The number of aliphatic hydroxyl groups is 2. The van der Waals surface area contributed by atoms with Crippen molar-refractivity contribution in [1.82, 2.24) is 20.9 Å². The van der Waals surface area contributed by atoms with Crippen LogP contribution in [0.15, 0.2) is 85.2 Å². The molecule has 0 unspecified atom stereocenters. The molecule has 0 aliphatic carbocycles. The first-order valence-electron chi connectivity index (χ1n) is 15.2. The van der Waals surface area contributed by atoms with Crippen LogP contribution in [0.25, 0.3) is 0 Å². The second-order valence-corrected chi connectivity index (χ2v) is 11.9. The second kappa shape index (κ2) is 19.6. The average Bonchev–Trinajstić information content (AvgIpc) is 3.08. The highest BCUT2D eigenvalue weighted by Gasteiger charge is 2.35. The first-order valence-corrected chi connectivity index (χ1v) is 16.3. The lowest BCUT2D eigenvalue weighted by atomic mass is 9.92. The van der Waals surface area contributed by atoms with Crippen molar-refractivity contribution in [2.45, 2.75) is 62.9 Å². The Balaban J connectivity index is 1.83. The quantitative estimate of drug-likeness (QED) is 0.126. The fraction of sp³-hybridized carbons (Fsp3) is 0.412. The smallest absolute Gasteiger partial charge is 0.253 e. The van der Waals surface area contributed by atoms with E-state index in [9.17, 15) is 24.6 Å². The third-order valence-corrected chi connectivity index (χ3v) is 8.40. The molecule has 0 aliphatic heterocycles. The Kier molecular flexibility index (Phi) is 15.5. The minimum Gasteiger partial charge on any atom is -0.388 e. The number of nitrogens with zero attached hydrogens (tertiary/aromatic N) is 1. The van der Waals surface area contributed by atoms with Crippen LogP contribution >= 0.6 is 11.8 Å². The highest BCUT2D eigenvalue weighted by Crippen LogP contribution is 2.16. The van der Waals surface area contributed by atoms with Gasteiger partial charge in [-0.15, -0.1) is 0 Å². The standard InChI is InChI=1S/C34H44N4O6S/c1-3-4-20-45-23-29(38-33(42)26-16-11-18-35-22-26)34(43)37-28(21-24-12-7-5-8-13-24)31(40)30(39)27(17-19-44-2)36-32(41)25-14-9-6-10-15-25/h5-16,18,22,27-31,39-40H,3-4,17,19-21,23H2,1-2H3,(H,36,41)(H,37,43)(H,38,42)/t27-,28+,29-,30-,31-/m1/s1. The largest absolute Gasteiger partial charge is 0.388 e. The lowest BCUT2D eigenvalue weighted by Crippen LogP contribution is -2.59. The summed E-state index contributed by atoms with van der Waals surface area (Å²) < 4.78 is 5.21. The minimum atomic E-state index is -1.48. The van der Waals surface area contributed by atoms with Crippen molar-refractivity contribution >= 4 is 29.5 Å². The number of thioether (sulfide) groups is 1. The first kappa shape index (κ1) is 35.7. The van der Waals surface area contributed by atoms with Crippen molar-refractivity contribution in [1.29, 1.82) is 0 Å². The molecule has 3 aromatic rings. The van der Waals surface area contributed by atoms with Crippen LogP contribution < -0.4 is 16.0 Å². The van der Waals surface area contributed by atoms with Gasteiger partial charge < -0.3 is 30.9 Å². The van der Waals surface area contributed by atoms with Gasteiger partial charge in [0.1, 0.15) is 18.2 Å². The number of carbonyl (C=O) groups is 3. The van der Waals surface area contributed by atoms with Crippen LogP contribution in [0.3, 0.4) is 0 Å². The zero-order valence-corrected chi connectivity index (χ0v) is 26.6. The van der Waals surface area contributed by atoms with E-state index in [4.69, 9.17) is 4.74 Å². The fourth-order valence-electron chi connectivity index (χ4n) is 4.67. The monoisotopic (exact) mass is 636 g/mol. The van der Waals surface area contributed by atoms with E-state index in [0.717, 1.165) is 24.2 Å². The minimum absolute atomic E-state index is 0.195.